The minimum absolute atomic E-state index is 0.166. The van der Waals surface area contributed by atoms with Crippen LogP contribution in [0.2, 0.25) is 10.0 Å². The lowest BCUT2D eigenvalue weighted by Crippen LogP contribution is -2.27. The monoisotopic (exact) mass is 517 g/mol. The molecule has 0 unspecified atom stereocenters. The SMILES string of the molecule is CCOc1cc(/C=C2/SC(=O)N(c3ccc(Cl)cc3)C2=O)cc(Cl)c1OCc1ccc(F)cc1. The number of ether oxygens (including phenoxy) is 2. The third-order valence-electron chi connectivity index (χ3n) is 4.80. The molecule has 34 heavy (non-hydrogen) atoms. The number of carbonyl (C=O) groups is 2. The Morgan fingerprint density at radius 1 is 1.00 bits per heavy atom. The molecule has 4 rings (SSSR count). The molecule has 0 spiro atoms. The summed E-state index contributed by atoms with van der Waals surface area (Å²) >= 11 is 13.2. The maximum atomic E-state index is 13.1. The average Bonchev–Trinajstić information content (AvgIpc) is 3.08. The van der Waals surface area contributed by atoms with Gasteiger partial charge in [0.1, 0.15) is 12.4 Å². The molecule has 0 atom stereocenters. The first-order chi connectivity index (χ1) is 16.4. The van der Waals surface area contributed by atoms with Gasteiger partial charge < -0.3 is 9.47 Å². The van der Waals surface area contributed by atoms with E-state index in [-0.39, 0.29) is 22.4 Å². The van der Waals surface area contributed by atoms with Crippen LogP contribution in [-0.4, -0.2) is 17.8 Å². The fourth-order valence-electron chi connectivity index (χ4n) is 3.24. The highest BCUT2D eigenvalue weighted by Gasteiger charge is 2.36. The third-order valence-corrected chi connectivity index (χ3v) is 6.21. The molecule has 0 aliphatic carbocycles. The molecule has 1 aliphatic heterocycles. The number of thioether (sulfide) groups is 1. The van der Waals surface area contributed by atoms with Crippen LogP contribution < -0.4 is 14.4 Å². The average molecular weight is 518 g/mol. The molecule has 9 heteroatoms. The maximum Gasteiger partial charge on any atom is 0.298 e. The molecule has 1 saturated heterocycles. The van der Waals surface area contributed by atoms with Crippen LogP contribution in [0, 0.1) is 5.82 Å². The number of benzene rings is 3. The Bertz CT molecular complexity index is 1260. The molecule has 0 bridgehead atoms. The van der Waals surface area contributed by atoms with Crippen molar-refractivity contribution >= 4 is 57.9 Å². The summed E-state index contributed by atoms with van der Waals surface area (Å²) < 4.78 is 24.7. The second-order valence-corrected chi connectivity index (χ2v) is 9.01. The van der Waals surface area contributed by atoms with E-state index in [0.29, 0.717) is 34.4 Å². The van der Waals surface area contributed by atoms with Crippen molar-refractivity contribution in [2.24, 2.45) is 0 Å². The number of imide groups is 1. The molecule has 1 fully saturated rings. The van der Waals surface area contributed by atoms with E-state index in [1.165, 1.54) is 12.1 Å². The zero-order valence-electron chi connectivity index (χ0n) is 17.9. The summed E-state index contributed by atoms with van der Waals surface area (Å²) in [4.78, 5) is 26.8. The number of hydrogen-bond acceptors (Lipinski definition) is 5. The molecule has 0 saturated carbocycles. The zero-order valence-corrected chi connectivity index (χ0v) is 20.2. The predicted octanol–water partition coefficient (Wildman–Crippen LogP) is 7.35. The number of amides is 2. The summed E-state index contributed by atoms with van der Waals surface area (Å²) in [6.45, 7) is 2.35. The van der Waals surface area contributed by atoms with Crippen LogP contribution in [0.5, 0.6) is 11.5 Å². The smallest absolute Gasteiger partial charge is 0.298 e. The molecule has 3 aromatic rings. The van der Waals surface area contributed by atoms with E-state index in [2.05, 4.69) is 0 Å². The van der Waals surface area contributed by atoms with Gasteiger partial charge in [-0.25, -0.2) is 9.29 Å². The highest BCUT2D eigenvalue weighted by molar-refractivity contribution is 8.19. The quantitative estimate of drug-likeness (QED) is 0.306. The topological polar surface area (TPSA) is 55.8 Å². The lowest BCUT2D eigenvalue weighted by Gasteiger charge is -2.15. The van der Waals surface area contributed by atoms with Crippen molar-refractivity contribution in [1.29, 1.82) is 0 Å². The van der Waals surface area contributed by atoms with E-state index in [1.807, 2.05) is 6.92 Å². The molecule has 3 aromatic carbocycles. The van der Waals surface area contributed by atoms with Crippen molar-refractivity contribution in [3.8, 4) is 11.5 Å². The standard InChI is InChI=1S/C25H18Cl2FNO4S/c1-2-32-21-12-16(11-20(27)23(21)33-14-15-3-7-18(28)8-4-15)13-22-24(30)29(25(31)34-22)19-9-5-17(26)6-10-19/h3-13H,2,14H2,1H3/b22-13+. The number of carbonyl (C=O) groups excluding carboxylic acids is 2. The molecule has 0 aromatic heterocycles. The molecule has 5 nitrogen and oxygen atoms in total. The summed E-state index contributed by atoms with van der Waals surface area (Å²) in [5.74, 6) is -0.0517. The Kier molecular flexibility index (Phi) is 7.46. The van der Waals surface area contributed by atoms with Crippen LogP contribution in [0.4, 0.5) is 14.9 Å². The van der Waals surface area contributed by atoms with E-state index >= 15 is 0 Å². The van der Waals surface area contributed by atoms with Gasteiger partial charge in [-0.05, 0) is 84.4 Å². The Balaban J connectivity index is 1.59. The van der Waals surface area contributed by atoms with Crippen LogP contribution in [0.3, 0.4) is 0 Å². The number of anilines is 1. The second kappa shape index (κ2) is 10.5. The van der Waals surface area contributed by atoms with Crippen molar-refractivity contribution in [3.05, 3.63) is 92.6 Å². The molecule has 2 amide bonds. The molecule has 0 radical (unpaired) electrons. The normalized spacial score (nSPS) is 14.7. The predicted molar refractivity (Wildman–Crippen MR) is 133 cm³/mol. The number of nitrogens with zero attached hydrogens (tertiary/aromatic N) is 1. The van der Waals surface area contributed by atoms with Crippen molar-refractivity contribution in [2.75, 3.05) is 11.5 Å². The summed E-state index contributed by atoms with van der Waals surface area (Å²) in [5.41, 5.74) is 1.77. The molecule has 174 valence electrons. The minimum Gasteiger partial charge on any atom is -0.490 e. The van der Waals surface area contributed by atoms with Crippen LogP contribution in [0.25, 0.3) is 6.08 Å². The minimum atomic E-state index is -0.442. The number of hydrogen-bond donors (Lipinski definition) is 0. The largest absolute Gasteiger partial charge is 0.490 e. The fourth-order valence-corrected chi connectivity index (χ4v) is 4.48. The van der Waals surface area contributed by atoms with Gasteiger partial charge in [-0.3, -0.25) is 9.59 Å². The fraction of sp³-hybridized carbons (Fsp3) is 0.120. The van der Waals surface area contributed by atoms with Gasteiger partial charge in [0, 0.05) is 5.02 Å². The molecular formula is C25H18Cl2FNO4S. The first-order valence-electron chi connectivity index (χ1n) is 10.2. The summed E-state index contributed by atoms with van der Waals surface area (Å²) in [7, 11) is 0. The summed E-state index contributed by atoms with van der Waals surface area (Å²) in [6.07, 6.45) is 1.58. The van der Waals surface area contributed by atoms with Crippen molar-refractivity contribution in [2.45, 2.75) is 13.5 Å². The first-order valence-corrected chi connectivity index (χ1v) is 11.8. The summed E-state index contributed by atoms with van der Waals surface area (Å²) in [6, 6.07) is 15.7. The first kappa shape index (κ1) is 24.1. The van der Waals surface area contributed by atoms with Gasteiger partial charge in [-0.2, -0.15) is 0 Å². The summed E-state index contributed by atoms with van der Waals surface area (Å²) in [5, 5.41) is 0.372. The Morgan fingerprint density at radius 3 is 2.38 bits per heavy atom. The van der Waals surface area contributed by atoms with E-state index < -0.39 is 11.1 Å². The Morgan fingerprint density at radius 2 is 1.71 bits per heavy atom. The lowest BCUT2D eigenvalue weighted by atomic mass is 10.1. The van der Waals surface area contributed by atoms with Gasteiger partial charge in [0.15, 0.2) is 11.5 Å². The van der Waals surface area contributed by atoms with E-state index in [9.17, 15) is 14.0 Å². The third kappa shape index (κ3) is 5.38. The van der Waals surface area contributed by atoms with Gasteiger partial charge in [-0.1, -0.05) is 35.3 Å². The van der Waals surface area contributed by atoms with Crippen molar-refractivity contribution in [1.82, 2.24) is 0 Å². The Labute approximate surface area is 210 Å². The highest BCUT2D eigenvalue weighted by Crippen LogP contribution is 2.40. The maximum absolute atomic E-state index is 13.1. The van der Waals surface area contributed by atoms with Crippen LogP contribution in [0.1, 0.15) is 18.1 Å². The highest BCUT2D eigenvalue weighted by atomic mass is 35.5. The number of halogens is 3. The van der Waals surface area contributed by atoms with Crippen LogP contribution in [0.15, 0.2) is 65.6 Å². The van der Waals surface area contributed by atoms with Gasteiger partial charge in [0.25, 0.3) is 11.1 Å². The molecule has 1 aliphatic rings. The van der Waals surface area contributed by atoms with Crippen LogP contribution in [-0.2, 0) is 11.4 Å². The van der Waals surface area contributed by atoms with E-state index in [1.54, 1.807) is 54.6 Å². The van der Waals surface area contributed by atoms with Gasteiger partial charge in [0.05, 0.1) is 22.2 Å². The Hall–Kier alpha value is -3.00. The van der Waals surface area contributed by atoms with Gasteiger partial charge >= 0.3 is 0 Å². The second-order valence-electron chi connectivity index (χ2n) is 7.17. The van der Waals surface area contributed by atoms with E-state index in [0.717, 1.165) is 22.2 Å². The molecule has 1 heterocycles. The molecular weight excluding hydrogens is 500 g/mol. The van der Waals surface area contributed by atoms with Crippen molar-refractivity contribution in [3.63, 3.8) is 0 Å². The van der Waals surface area contributed by atoms with Crippen molar-refractivity contribution < 1.29 is 23.5 Å². The lowest BCUT2D eigenvalue weighted by molar-refractivity contribution is -0.113. The van der Waals surface area contributed by atoms with Gasteiger partial charge in [-0.15, -0.1) is 0 Å². The number of rotatable bonds is 7. The zero-order chi connectivity index (χ0) is 24.2. The molecule has 0 N–H and O–H groups in total. The van der Waals surface area contributed by atoms with Gasteiger partial charge in [0.2, 0.25) is 0 Å². The van der Waals surface area contributed by atoms with Crippen LogP contribution >= 0.6 is 35.0 Å². The van der Waals surface area contributed by atoms with E-state index in [4.69, 9.17) is 32.7 Å².